The van der Waals surface area contributed by atoms with Crippen molar-refractivity contribution in [2.24, 2.45) is 20.5 Å². The summed E-state index contributed by atoms with van der Waals surface area (Å²) in [6, 6.07) is 20.2. The number of hydrogen-bond donors (Lipinski definition) is 1. The zero-order valence-electron chi connectivity index (χ0n) is 16.4. The number of sulfone groups is 1. The van der Waals surface area contributed by atoms with E-state index in [1.54, 1.807) is 60.7 Å². The molecular formula is C21H19N5O3S. The van der Waals surface area contributed by atoms with Crippen molar-refractivity contribution in [3.8, 4) is 0 Å². The Morgan fingerprint density at radius 2 is 1.00 bits per heavy atom. The van der Waals surface area contributed by atoms with Gasteiger partial charge in [-0.3, -0.25) is 4.79 Å². The first-order valence-electron chi connectivity index (χ1n) is 8.91. The Kier molecular flexibility index (Phi) is 6.43. The molecule has 0 saturated carbocycles. The molecule has 0 saturated heterocycles. The normalized spacial score (nSPS) is 11.8. The topological polar surface area (TPSA) is 113 Å². The molecule has 0 radical (unpaired) electrons. The lowest BCUT2D eigenvalue weighted by Gasteiger charge is -2.01. The van der Waals surface area contributed by atoms with E-state index in [0.29, 0.717) is 28.4 Å². The van der Waals surface area contributed by atoms with Gasteiger partial charge < -0.3 is 5.32 Å². The molecule has 0 aliphatic rings. The highest BCUT2D eigenvalue weighted by Gasteiger charge is 2.05. The standard InChI is InChI=1S/C21H19N5O3S/c1-15(27)22-16-3-5-17(6-4-16)23-24-18-7-9-19(10-8-18)25-26-20-11-13-21(14-12-20)30(2,28)29/h3-14H,1-2H3,(H,22,27). The molecule has 0 atom stereocenters. The van der Waals surface area contributed by atoms with Crippen molar-refractivity contribution in [2.45, 2.75) is 11.8 Å². The van der Waals surface area contributed by atoms with Crippen molar-refractivity contribution in [1.29, 1.82) is 0 Å². The fourth-order valence-corrected chi connectivity index (χ4v) is 3.02. The SMILES string of the molecule is CC(=O)Nc1ccc(N=Nc2ccc(N=Nc3ccc(S(C)(=O)=O)cc3)cc2)cc1. The van der Waals surface area contributed by atoms with Gasteiger partial charge >= 0.3 is 0 Å². The average Bonchev–Trinajstić information content (AvgIpc) is 2.72. The Hall–Kier alpha value is -3.72. The number of hydrogen-bond acceptors (Lipinski definition) is 7. The van der Waals surface area contributed by atoms with Gasteiger partial charge in [-0.1, -0.05) is 0 Å². The van der Waals surface area contributed by atoms with Crippen LogP contribution in [0.4, 0.5) is 28.4 Å². The van der Waals surface area contributed by atoms with Crippen molar-refractivity contribution in [3.05, 3.63) is 72.8 Å². The van der Waals surface area contributed by atoms with Gasteiger partial charge in [-0.05, 0) is 72.8 Å². The Balaban J connectivity index is 1.62. The predicted octanol–water partition coefficient (Wildman–Crippen LogP) is 5.88. The fourth-order valence-electron chi connectivity index (χ4n) is 2.39. The zero-order valence-corrected chi connectivity index (χ0v) is 17.2. The lowest BCUT2D eigenvalue weighted by molar-refractivity contribution is -0.114. The first-order valence-corrected chi connectivity index (χ1v) is 10.8. The van der Waals surface area contributed by atoms with Crippen LogP contribution >= 0.6 is 0 Å². The monoisotopic (exact) mass is 421 g/mol. The Morgan fingerprint density at radius 1 is 0.667 bits per heavy atom. The van der Waals surface area contributed by atoms with Crippen LogP contribution in [-0.4, -0.2) is 20.6 Å². The lowest BCUT2D eigenvalue weighted by atomic mass is 10.3. The highest BCUT2D eigenvalue weighted by molar-refractivity contribution is 7.90. The highest BCUT2D eigenvalue weighted by atomic mass is 32.2. The Morgan fingerprint density at radius 3 is 1.33 bits per heavy atom. The van der Waals surface area contributed by atoms with Gasteiger partial charge in [-0.25, -0.2) is 8.42 Å². The Labute approximate surface area is 174 Å². The van der Waals surface area contributed by atoms with Crippen molar-refractivity contribution >= 4 is 44.2 Å². The number of rotatable bonds is 6. The summed E-state index contributed by atoms with van der Waals surface area (Å²) >= 11 is 0. The van der Waals surface area contributed by atoms with Crippen LogP contribution in [0.3, 0.4) is 0 Å². The molecule has 3 rings (SSSR count). The lowest BCUT2D eigenvalue weighted by Crippen LogP contribution is -2.04. The molecule has 0 aliphatic heterocycles. The molecule has 30 heavy (non-hydrogen) atoms. The molecule has 0 aliphatic carbocycles. The van der Waals surface area contributed by atoms with E-state index in [1.165, 1.54) is 19.1 Å². The molecule has 1 amide bonds. The maximum atomic E-state index is 11.5. The van der Waals surface area contributed by atoms with Crippen LogP contribution in [0.2, 0.25) is 0 Å². The third kappa shape index (κ3) is 6.14. The second kappa shape index (κ2) is 9.19. The third-order valence-corrected chi connectivity index (χ3v) is 4.99. The molecule has 3 aromatic carbocycles. The van der Waals surface area contributed by atoms with Gasteiger partial charge in [0.1, 0.15) is 0 Å². The van der Waals surface area contributed by atoms with E-state index in [4.69, 9.17) is 0 Å². The number of carbonyl (C=O) groups is 1. The van der Waals surface area contributed by atoms with Crippen molar-refractivity contribution in [3.63, 3.8) is 0 Å². The molecule has 8 nitrogen and oxygen atoms in total. The molecular weight excluding hydrogens is 402 g/mol. The minimum atomic E-state index is -3.23. The van der Waals surface area contributed by atoms with E-state index in [1.807, 2.05) is 0 Å². The van der Waals surface area contributed by atoms with Gasteiger partial charge in [0, 0.05) is 18.9 Å². The fraction of sp³-hybridized carbons (Fsp3) is 0.0952. The van der Waals surface area contributed by atoms with E-state index in [0.717, 1.165) is 6.26 Å². The predicted molar refractivity (Wildman–Crippen MR) is 115 cm³/mol. The molecule has 0 bridgehead atoms. The number of azo groups is 2. The molecule has 1 N–H and O–H groups in total. The summed E-state index contributed by atoms with van der Waals surface area (Å²) < 4.78 is 22.9. The maximum absolute atomic E-state index is 11.5. The zero-order chi connectivity index (χ0) is 21.6. The Bertz CT molecular complexity index is 1180. The molecule has 9 heteroatoms. The van der Waals surface area contributed by atoms with Crippen molar-refractivity contribution in [2.75, 3.05) is 11.6 Å². The van der Waals surface area contributed by atoms with Crippen LogP contribution in [0, 0.1) is 0 Å². The minimum Gasteiger partial charge on any atom is -0.326 e. The van der Waals surface area contributed by atoms with Gasteiger partial charge in [0.25, 0.3) is 0 Å². The van der Waals surface area contributed by atoms with Gasteiger partial charge in [-0.15, -0.1) is 0 Å². The number of nitrogens with zero attached hydrogens (tertiary/aromatic N) is 4. The van der Waals surface area contributed by atoms with Gasteiger partial charge in [0.05, 0.1) is 27.6 Å². The number of carbonyl (C=O) groups excluding carboxylic acids is 1. The van der Waals surface area contributed by atoms with Gasteiger partial charge in [0.2, 0.25) is 5.91 Å². The van der Waals surface area contributed by atoms with Crippen molar-refractivity contribution < 1.29 is 13.2 Å². The van der Waals surface area contributed by atoms with E-state index >= 15 is 0 Å². The summed E-state index contributed by atoms with van der Waals surface area (Å²) in [5.74, 6) is -0.132. The van der Waals surface area contributed by atoms with Crippen LogP contribution < -0.4 is 5.32 Å². The summed E-state index contributed by atoms with van der Waals surface area (Å²) in [4.78, 5) is 11.3. The van der Waals surface area contributed by atoms with Crippen molar-refractivity contribution in [1.82, 2.24) is 0 Å². The molecule has 152 valence electrons. The second-order valence-corrected chi connectivity index (χ2v) is 8.43. The van der Waals surface area contributed by atoms with Crippen LogP contribution in [-0.2, 0) is 14.6 Å². The van der Waals surface area contributed by atoms with E-state index < -0.39 is 9.84 Å². The first kappa shape index (κ1) is 21.0. The molecule has 0 heterocycles. The third-order valence-electron chi connectivity index (χ3n) is 3.86. The van der Waals surface area contributed by atoms with E-state index in [9.17, 15) is 13.2 Å². The molecule has 0 spiro atoms. The number of anilines is 1. The highest BCUT2D eigenvalue weighted by Crippen LogP contribution is 2.24. The van der Waals surface area contributed by atoms with E-state index in [2.05, 4.69) is 25.8 Å². The summed E-state index contributed by atoms with van der Waals surface area (Å²) in [5, 5.41) is 19.2. The molecule has 0 fully saturated rings. The number of benzene rings is 3. The smallest absolute Gasteiger partial charge is 0.221 e. The second-order valence-electron chi connectivity index (χ2n) is 6.41. The molecule has 3 aromatic rings. The van der Waals surface area contributed by atoms with Crippen LogP contribution in [0.1, 0.15) is 6.92 Å². The average molecular weight is 421 g/mol. The number of nitrogens with one attached hydrogen (secondary N) is 1. The van der Waals surface area contributed by atoms with Gasteiger partial charge in [-0.2, -0.15) is 20.5 Å². The van der Waals surface area contributed by atoms with Crippen LogP contribution in [0.5, 0.6) is 0 Å². The molecule has 0 unspecified atom stereocenters. The van der Waals surface area contributed by atoms with Crippen LogP contribution in [0.25, 0.3) is 0 Å². The summed E-state index contributed by atoms with van der Waals surface area (Å²) in [6.07, 6.45) is 1.16. The molecule has 0 aromatic heterocycles. The summed E-state index contributed by atoms with van der Waals surface area (Å²) in [6.45, 7) is 1.45. The van der Waals surface area contributed by atoms with E-state index in [-0.39, 0.29) is 10.8 Å². The minimum absolute atomic E-state index is 0.132. The number of amides is 1. The summed E-state index contributed by atoms with van der Waals surface area (Å²) in [5.41, 5.74) is 3.18. The largest absolute Gasteiger partial charge is 0.326 e. The van der Waals surface area contributed by atoms with Crippen LogP contribution in [0.15, 0.2) is 98.1 Å². The first-order chi connectivity index (χ1) is 14.3. The quantitative estimate of drug-likeness (QED) is 0.501. The summed E-state index contributed by atoms with van der Waals surface area (Å²) in [7, 11) is -3.23. The maximum Gasteiger partial charge on any atom is 0.221 e. The van der Waals surface area contributed by atoms with Gasteiger partial charge in [0.15, 0.2) is 9.84 Å².